The Morgan fingerprint density at radius 2 is 1.56 bits per heavy atom. The number of hydrogen-bond donors (Lipinski definition) is 0. The molecule has 0 unspecified atom stereocenters. The second-order valence-corrected chi connectivity index (χ2v) is 8.33. The summed E-state index contributed by atoms with van der Waals surface area (Å²) >= 11 is 5.98. The Morgan fingerprint density at radius 3 is 2.26 bits per heavy atom. The van der Waals surface area contributed by atoms with E-state index >= 15 is 0 Å². The number of carbonyl (C=O) groups excluding carboxylic acids is 1. The third kappa shape index (κ3) is 4.04. The van der Waals surface area contributed by atoms with E-state index in [-0.39, 0.29) is 5.41 Å². The largest absolute Gasteiger partial charge is 0.312 e. The van der Waals surface area contributed by atoms with Gasteiger partial charge in [-0.15, -0.1) is 0 Å². The highest BCUT2D eigenvalue weighted by Gasteiger charge is 2.48. The van der Waals surface area contributed by atoms with E-state index in [9.17, 15) is 4.79 Å². The standard InChI is InChI=1S/C23H27ClN2O/c24-20-8-10-21(11-9-20)26-18-14-23(22(26)27)12-16-25(17-13-23)15-4-7-19-5-2-1-3-6-19/h1-3,5-6,8-11H,4,7,12-18H2. The van der Waals surface area contributed by atoms with Gasteiger partial charge in [0.1, 0.15) is 0 Å². The van der Waals surface area contributed by atoms with E-state index in [1.165, 1.54) is 12.0 Å². The van der Waals surface area contributed by atoms with E-state index in [1.54, 1.807) is 0 Å². The number of benzene rings is 2. The first-order valence-electron chi connectivity index (χ1n) is 10.0. The number of amides is 1. The molecule has 0 radical (unpaired) electrons. The molecule has 1 spiro atoms. The van der Waals surface area contributed by atoms with Gasteiger partial charge < -0.3 is 9.80 Å². The van der Waals surface area contributed by atoms with Gasteiger partial charge in [0.05, 0.1) is 5.41 Å². The van der Waals surface area contributed by atoms with Crippen molar-refractivity contribution in [3.63, 3.8) is 0 Å². The quantitative estimate of drug-likeness (QED) is 0.742. The first kappa shape index (κ1) is 18.5. The Hall–Kier alpha value is -1.84. The van der Waals surface area contributed by atoms with Gasteiger partial charge >= 0.3 is 0 Å². The summed E-state index contributed by atoms with van der Waals surface area (Å²) in [4.78, 5) is 17.6. The predicted octanol–water partition coefficient (Wildman–Crippen LogP) is 4.79. The van der Waals surface area contributed by atoms with Gasteiger partial charge in [-0.2, -0.15) is 0 Å². The molecule has 3 nitrogen and oxygen atoms in total. The molecule has 2 aromatic rings. The Bertz CT molecular complexity index is 767. The van der Waals surface area contributed by atoms with Crippen LogP contribution in [-0.2, 0) is 11.2 Å². The van der Waals surface area contributed by atoms with Gasteiger partial charge in [0.25, 0.3) is 0 Å². The van der Waals surface area contributed by atoms with Gasteiger partial charge in [-0.1, -0.05) is 41.9 Å². The van der Waals surface area contributed by atoms with E-state index in [0.717, 1.165) is 57.5 Å². The lowest BCUT2D eigenvalue weighted by Crippen LogP contribution is -2.45. The number of aryl methyl sites for hydroxylation is 1. The number of anilines is 1. The minimum absolute atomic E-state index is 0.143. The lowest BCUT2D eigenvalue weighted by atomic mass is 9.77. The summed E-state index contributed by atoms with van der Waals surface area (Å²) in [5.41, 5.74) is 2.25. The summed E-state index contributed by atoms with van der Waals surface area (Å²) in [6.45, 7) is 4.03. The van der Waals surface area contributed by atoms with Crippen LogP contribution in [0, 0.1) is 5.41 Å². The maximum atomic E-state index is 13.1. The zero-order valence-corrected chi connectivity index (χ0v) is 16.5. The average Bonchev–Trinajstić information content (AvgIpc) is 3.01. The smallest absolute Gasteiger partial charge is 0.233 e. The van der Waals surface area contributed by atoms with Crippen LogP contribution in [0.25, 0.3) is 0 Å². The van der Waals surface area contributed by atoms with Crippen LogP contribution in [0.4, 0.5) is 5.69 Å². The summed E-state index contributed by atoms with van der Waals surface area (Å²) in [5.74, 6) is 0.314. The molecule has 142 valence electrons. The van der Waals surface area contributed by atoms with Crippen molar-refractivity contribution in [3.8, 4) is 0 Å². The number of halogens is 1. The topological polar surface area (TPSA) is 23.6 Å². The van der Waals surface area contributed by atoms with Crippen molar-refractivity contribution in [2.75, 3.05) is 31.1 Å². The molecule has 2 fully saturated rings. The van der Waals surface area contributed by atoms with Crippen molar-refractivity contribution in [1.82, 2.24) is 4.90 Å². The lowest BCUT2D eigenvalue weighted by molar-refractivity contribution is -0.128. The van der Waals surface area contributed by atoms with Gasteiger partial charge in [0, 0.05) is 17.3 Å². The molecule has 2 aromatic carbocycles. The maximum absolute atomic E-state index is 13.1. The first-order chi connectivity index (χ1) is 13.2. The molecule has 4 heteroatoms. The molecule has 0 bridgehead atoms. The van der Waals surface area contributed by atoms with Crippen LogP contribution in [-0.4, -0.2) is 37.0 Å². The Morgan fingerprint density at radius 1 is 0.889 bits per heavy atom. The molecular formula is C23H27ClN2O. The molecule has 0 saturated carbocycles. The van der Waals surface area contributed by atoms with Crippen molar-refractivity contribution in [3.05, 3.63) is 65.2 Å². The zero-order chi connectivity index (χ0) is 18.7. The van der Waals surface area contributed by atoms with E-state index in [4.69, 9.17) is 11.6 Å². The van der Waals surface area contributed by atoms with Gasteiger partial charge in [0.2, 0.25) is 5.91 Å². The third-order valence-electron chi connectivity index (χ3n) is 6.25. The molecule has 2 heterocycles. The van der Waals surface area contributed by atoms with Gasteiger partial charge in [-0.25, -0.2) is 0 Å². The minimum Gasteiger partial charge on any atom is -0.312 e. The van der Waals surface area contributed by atoms with E-state index < -0.39 is 0 Å². The zero-order valence-electron chi connectivity index (χ0n) is 15.7. The van der Waals surface area contributed by atoms with Crippen molar-refractivity contribution in [1.29, 1.82) is 0 Å². The molecular weight excluding hydrogens is 356 g/mol. The van der Waals surface area contributed by atoms with Crippen LogP contribution in [0.2, 0.25) is 5.02 Å². The summed E-state index contributed by atoms with van der Waals surface area (Å²) in [6.07, 6.45) is 5.27. The number of hydrogen-bond acceptors (Lipinski definition) is 2. The second kappa shape index (κ2) is 8.04. The number of likely N-dealkylation sites (tertiary alicyclic amines) is 1. The molecule has 27 heavy (non-hydrogen) atoms. The van der Waals surface area contributed by atoms with E-state index in [0.29, 0.717) is 10.9 Å². The van der Waals surface area contributed by atoms with E-state index in [2.05, 4.69) is 35.2 Å². The van der Waals surface area contributed by atoms with Crippen LogP contribution < -0.4 is 4.90 Å². The normalized spacial score (nSPS) is 19.7. The lowest BCUT2D eigenvalue weighted by Gasteiger charge is -2.38. The van der Waals surface area contributed by atoms with E-state index in [1.807, 2.05) is 29.2 Å². The predicted molar refractivity (Wildman–Crippen MR) is 111 cm³/mol. The molecule has 2 saturated heterocycles. The Kier molecular flexibility index (Phi) is 5.51. The molecule has 4 rings (SSSR count). The first-order valence-corrected chi connectivity index (χ1v) is 10.4. The van der Waals surface area contributed by atoms with Crippen molar-refractivity contribution >= 4 is 23.2 Å². The van der Waals surface area contributed by atoms with Crippen molar-refractivity contribution in [2.24, 2.45) is 5.41 Å². The summed E-state index contributed by atoms with van der Waals surface area (Å²) < 4.78 is 0. The average molecular weight is 383 g/mol. The van der Waals surface area contributed by atoms with Gasteiger partial charge in [0.15, 0.2) is 0 Å². The van der Waals surface area contributed by atoms with Gasteiger partial charge in [-0.3, -0.25) is 4.79 Å². The number of rotatable bonds is 5. The number of carbonyl (C=O) groups is 1. The van der Waals surface area contributed by atoms with Crippen molar-refractivity contribution < 1.29 is 4.79 Å². The fourth-order valence-corrected chi connectivity index (χ4v) is 4.63. The van der Waals surface area contributed by atoms with Crippen LogP contribution in [0.3, 0.4) is 0 Å². The van der Waals surface area contributed by atoms with Crippen LogP contribution in [0.5, 0.6) is 0 Å². The van der Waals surface area contributed by atoms with Crippen LogP contribution >= 0.6 is 11.6 Å². The molecule has 1 amide bonds. The number of nitrogens with zero attached hydrogens (tertiary/aromatic N) is 2. The van der Waals surface area contributed by atoms with Crippen molar-refractivity contribution in [2.45, 2.75) is 32.1 Å². The van der Waals surface area contributed by atoms with Gasteiger partial charge in [-0.05, 0) is 81.6 Å². The fourth-order valence-electron chi connectivity index (χ4n) is 4.51. The molecule has 2 aliphatic rings. The third-order valence-corrected chi connectivity index (χ3v) is 6.50. The minimum atomic E-state index is -0.143. The maximum Gasteiger partial charge on any atom is 0.233 e. The summed E-state index contributed by atoms with van der Waals surface area (Å²) in [7, 11) is 0. The van der Waals surface area contributed by atoms with Crippen LogP contribution in [0.1, 0.15) is 31.2 Å². The monoisotopic (exact) mass is 382 g/mol. The molecule has 2 aliphatic heterocycles. The highest BCUT2D eigenvalue weighted by Crippen LogP contribution is 2.43. The Labute approximate surface area is 166 Å². The molecule has 0 aromatic heterocycles. The highest BCUT2D eigenvalue weighted by atomic mass is 35.5. The molecule has 0 N–H and O–H groups in total. The summed E-state index contributed by atoms with van der Waals surface area (Å²) in [6, 6.07) is 18.3. The fraction of sp³-hybridized carbons (Fsp3) is 0.435. The second-order valence-electron chi connectivity index (χ2n) is 7.89. The molecule has 0 atom stereocenters. The molecule has 0 aliphatic carbocycles. The SMILES string of the molecule is O=C1N(c2ccc(Cl)cc2)CCC12CCN(CCCc1ccccc1)CC2. The number of piperidine rings is 1. The Balaban J connectivity index is 1.29. The van der Waals surface area contributed by atoms with Crippen LogP contribution in [0.15, 0.2) is 54.6 Å². The highest BCUT2D eigenvalue weighted by molar-refractivity contribution is 6.30. The summed E-state index contributed by atoms with van der Waals surface area (Å²) in [5, 5.41) is 0.712.